The molecule has 1 N–H and O–H groups in total. The van der Waals surface area contributed by atoms with E-state index >= 15 is 0 Å². The third-order valence-corrected chi connectivity index (χ3v) is 3.85. The Labute approximate surface area is 134 Å². The summed E-state index contributed by atoms with van der Waals surface area (Å²) in [5.41, 5.74) is 1.59. The van der Waals surface area contributed by atoms with Crippen molar-refractivity contribution in [2.45, 2.75) is 31.9 Å². The molecule has 1 amide bonds. The van der Waals surface area contributed by atoms with Crippen molar-refractivity contribution in [1.82, 2.24) is 10.5 Å². The third kappa shape index (κ3) is 3.90. The van der Waals surface area contributed by atoms with Crippen molar-refractivity contribution in [3.05, 3.63) is 36.0 Å². The monoisotopic (exact) mass is 316 g/mol. The largest absolute Gasteiger partial charge is 0.497 e. The highest BCUT2D eigenvalue weighted by Crippen LogP contribution is 2.23. The molecule has 1 saturated heterocycles. The first-order valence-corrected chi connectivity index (χ1v) is 7.75. The van der Waals surface area contributed by atoms with Crippen LogP contribution in [0.5, 0.6) is 5.75 Å². The first kappa shape index (κ1) is 15.6. The maximum atomic E-state index is 12.0. The van der Waals surface area contributed by atoms with Gasteiger partial charge in [0.2, 0.25) is 5.91 Å². The quantitative estimate of drug-likeness (QED) is 0.917. The van der Waals surface area contributed by atoms with Gasteiger partial charge in [0.05, 0.1) is 13.7 Å². The molecule has 0 saturated carbocycles. The van der Waals surface area contributed by atoms with E-state index in [-0.39, 0.29) is 12.0 Å². The fraction of sp³-hybridized carbons (Fsp3) is 0.412. The van der Waals surface area contributed by atoms with Gasteiger partial charge in [-0.15, -0.1) is 0 Å². The highest BCUT2D eigenvalue weighted by molar-refractivity contribution is 5.80. The Hall–Kier alpha value is -2.34. The summed E-state index contributed by atoms with van der Waals surface area (Å²) in [6.07, 6.45) is 2.50. The highest BCUT2D eigenvalue weighted by atomic mass is 16.5. The highest BCUT2D eigenvalue weighted by Gasteiger charge is 2.21. The normalized spacial score (nSPS) is 17.7. The summed E-state index contributed by atoms with van der Waals surface area (Å²) in [4.78, 5) is 12.0. The molecule has 1 aliphatic heterocycles. The molecule has 2 heterocycles. The number of methoxy groups -OCH3 is 1. The number of aromatic nitrogens is 1. The Morgan fingerprint density at radius 3 is 2.87 bits per heavy atom. The van der Waals surface area contributed by atoms with E-state index in [1.807, 2.05) is 30.3 Å². The molecule has 6 heteroatoms. The molecular formula is C17H20N2O4. The van der Waals surface area contributed by atoms with Gasteiger partial charge >= 0.3 is 0 Å². The molecule has 122 valence electrons. The van der Waals surface area contributed by atoms with Gasteiger partial charge in [0.1, 0.15) is 17.5 Å². The molecule has 2 aromatic rings. The number of rotatable bonds is 5. The van der Waals surface area contributed by atoms with Crippen molar-refractivity contribution in [3.63, 3.8) is 0 Å². The average Bonchev–Trinajstić information content (AvgIpc) is 3.09. The first-order valence-electron chi connectivity index (χ1n) is 7.75. The molecular weight excluding hydrogens is 296 g/mol. The summed E-state index contributed by atoms with van der Waals surface area (Å²) in [5, 5.41) is 6.84. The van der Waals surface area contributed by atoms with Crippen LogP contribution in [0, 0.1) is 0 Å². The second-order valence-corrected chi connectivity index (χ2v) is 5.48. The predicted molar refractivity (Wildman–Crippen MR) is 83.9 cm³/mol. The fourth-order valence-corrected chi connectivity index (χ4v) is 2.53. The Balaban J connectivity index is 1.57. The molecule has 1 aromatic heterocycles. The van der Waals surface area contributed by atoms with Crippen LogP contribution < -0.4 is 10.1 Å². The van der Waals surface area contributed by atoms with Crippen LogP contribution in [0.15, 0.2) is 34.9 Å². The first-order chi connectivity index (χ1) is 11.3. The number of nitrogens with one attached hydrogen (secondary N) is 1. The molecule has 0 bridgehead atoms. The van der Waals surface area contributed by atoms with Gasteiger partial charge in [0, 0.05) is 18.2 Å². The Kier molecular flexibility index (Phi) is 4.92. The predicted octanol–water partition coefficient (Wildman–Crippen LogP) is 2.54. The summed E-state index contributed by atoms with van der Waals surface area (Å²) in [7, 11) is 1.63. The SMILES string of the molecule is COc1ccc(-c2cc(CNC(=O)C3CCCCO3)no2)cc1. The number of nitrogens with zero attached hydrogens (tertiary/aromatic N) is 1. The van der Waals surface area contributed by atoms with E-state index < -0.39 is 0 Å². The van der Waals surface area contributed by atoms with E-state index in [4.69, 9.17) is 14.0 Å². The van der Waals surface area contributed by atoms with Gasteiger partial charge in [0.15, 0.2) is 5.76 Å². The maximum Gasteiger partial charge on any atom is 0.249 e. The van der Waals surface area contributed by atoms with Gasteiger partial charge in [-0.2, -0.15) is 0 Å². The summed E-state index contributed by atoms with van der Waals surface area (Å²) in [6, 6.07) is 9.35. The number of carbonyl (C=O) groups excluding carboxylic acids is 1. The minimum atomic E-state index is -0.336. The Morgan fingerprint density at radius 1 is 1.35 bits per heavy atom. The molecule has 1 aliphatic rings. The van der Waals surface area contributed by atoms with Crippen molar-refractivity contribution in [2.24, 2.45) is 0 Å². The topological polar surface area (TPSA) is 73.6 Å². The van der Waals surface area contributed by atoms with Crippen LogP contribution in [-0.4, -0.2) is 30.9 Å². The fourth-order valence-electron chi connectivity index (χ4n) is 2.53. The van der Waals surface area contributed by atoms with Crippen LogP contribution in [0.1, 0.15) is 25.0 Å². The van der Waals surface area contributed by atoms with Gasteiger partial charge in [-0.05, 0) is 43.5 Å². The third-order valence-electron chi connectivity index (χ3n) is 3.85. The number of hydrogen-bond acceptors (Lipinski definition) is 5. The van der Waals surface area contributed by atoms with Gasteiger partial charge in [-0.3, -0.25) is 4.79 Å². The summed E-state index contributed by atoms with van der Waals surface area (Å²) in [5.74, 6) is 1.36. The van der Waals surface area contributed by atoms with Crippen LogP contribution in [0.25, 0.3) is 11.3 Å². The number of amides is 1. The minimum Gasteiger partial charge on any atom is -0.497 e. The molecule has 0 radical (unpaired) electrons. The number of ether oxygens (including phenoxy) is 2. The molecule has 1 atom stereocenters. The average molecular weight is 316 g/mol. The van der Waals surface area contributed by atoms with E-state index in [0.29, 0.717) is 24.6 Å². The van der Waals surface area contributed by atoms with E-state index in [1.54, 1.807) is 7.11 Å². The summed E-state index contributed by atoms with van der Waals surface area (Å²) < 4.78 is 15.9. The van der Waals surface area contributed by atoms with E-state index in [9.17, 15) is 4.79 Å². The van der Waals surface area contributed by atoms with Crippen LogP contribution in [0.4, 0.5) is 0 Å². The molecule has 3 rings (SSSR count). The standard InChI is InChI=1S/C17H20N2O4/c1-21-14-7-5-12(6-8-14)16-10-13(19-23-16)11-18-17(20)15-4-2-3-9-22-15/h5-8,10,15H,2-4,9,11H2,1H3,(H,18,20). The summed E-state index contributed by atoms with van der Waals surface area (Å²) >= 11 is 0. The van der Waals surface area contributed by atoms with Crippen molar-refractivity contribution < 1.29 is 18.8 Å². The second kappa shape index (κ2) is 7.28. The van der Waals surface area contributed by atoms with Gasteiger partial charge in [-0.25, -0.2) is 0 Å². The molecule has 1 aromatic carbocycles. The van der Waals surface area contributed by atoms with Crippen LogP contribution in [-0.2, 0) is 16.1 Å². The molecule has 1 fully saturated rings. The van der Waals surface area contributed by atoms with Gasteiger partial charge in [0.25, 0.3) is 0 Å². The van der Waals surface area contributed by atoms with E-state index in [0.717, 1.165) is 30.6 Å². The zero-order valence-corrected chi connectivity index (χ0v) is 13.1. The van der Waals surface area contributed by atoms with E-state index in [2.05, 4.69) is 10.5 Å². The van der Waals surface area contributed by atoms with Crippen LogP contribution >= 0.6 is 0 Å². The van der Waals surface area contributed by atoms with Crippen molar-refractivity contribution in [3.8, 4) is 17.1 Å². The molecule has 0 spiro atoms. The molecule has 0 aliphatic carbocycles. The van der Waals surface area contributed by atoms with Crippen LogP contribution in [0.2, 0.25) is 0 Å². The van der Waals surface area contributed by atoms with Crippen LogP contribution in [0.3, 0.4) is 0 Å². The molecule has 23 heavy (non-hydrogen) atoms. The van der Waals surface area contributed by atoms with Gasteiger partial charge in [-0.1, -0.05) is 5.16 Å². The minimum absolute atomic E-state index is 0.0845. The Morgan fingerprint density at radius 2 is 2.17 bits per heavy atom. The summed E-state index contributed by atoms with van der Waals surface area (Å²) in [6.45, 7) is 0.988. The van der Waals surface area contributed by atoms with Crippen molar-refractivity contribution in [1.29, 1.82) is 0 Å². The van der Waals surface area contributed by atoms with Crippen molar-refractivity contribution in [2.75, 3.05) is 13.7 Å². The van der Waals surface area contributed by atoms with Gasteiger partial charge < -0.3 is 19.3 Å². The maximum absolute atomic E-state index is 12.0. The zero-order chi connectivity index (χ0) is 16.1. The molecule has 6 nitrogen and oxygen atoms in total. The van der Waals surface area contributed by atoms with E-state index in [1.165, 1.54) is 0 Å². The Bertz CT molecular complexity index is 645. The lowest BCUT2D eigenvalue weighted by Crippen LogP contribution is -2.38. The zero-order valence-electron chi connectivity index (χ0n) is 13.1. The lowest BCUT2D eigenvalue weighted by molar-refractivity contribution is -0.135. The molecule has 1 unspecified atom stereocenters. The smallest absolute Gasteiger partial charge is 0.249 e. The lowest BCUT2D eigenvalue weighted by atomic mass is 10.1. The number of carbonyl (C=O) groups is 1. The lowest BCUT2D eigenvalue weighted by Gasteiger charge is -2.21. The van der Waals surface area contributed by atoms with Crippen molar-refractivity contribution >= 4 is 5.91 Å². The second-order valence-electron chi connectivity index (χ2n) is 5.48. The number of hydrogen-bond donors (Lipinski definition) is 1. The number of benzene rings is 1.